The van der Waals surface area contributed by atoms with Crippen molar-refractivity contribution in [2.24, 2.45) is 22.2 Å². The van der Waals surface area contributed by atoms with Gasteiger partial charge in [0.05, 0.1) is 0 Å². The van der Waals surface area contributed by atoms with Gasteiger partial charge in [0.15, 0.2) is 5.96 Å². The molecule has 0 aromatic rings. The average Bonchev–Trinajstić information content (AvgIpc) is 2.14. The van der Waals surface area contributed by atoms with Crippen molar-refractivity contribution in [3.63, 3.8) is 0 Å². The fourth-order valence-electron chi connectivity index (χ4n) is 1.02. The van der Waals surface area contributed by atoms with E-state index in [4.69, 9.17) is 22.3 Å². The second-order valence-electron chi connectivity index (χ2n) is 3.64. The Morgan fingerprint density at radius 2 is 2.06 bits per heavy atom. The molecule has 0 spiro atoms. The zero-order valence-corrected chi connectivity index (χ0v) is 10.0. The van der Waals surface area contributed by atoms with Gasteiger partial charge in [-0.1, -0.05) is 0 Å². The second-order valence-corrected chi connectivity index (χ2v) is 3.64. The van der Waals surface area contributed by atoms with Crippen LogP contribution in [0.2, 0.25) is 0 Å². The molecule has 9 nitrogen and oxygen atoms in total. The first-order valence-corrected chi connectivity index (χ1v) is 4.37. The third kappa shape index (κ3) is 5.88. The molecule has 0 aliphatic carbocycles. The number of hydrogen-bond donors (Lipinski definition) is 4. The van der Waals surface area contributed by atoms with Crippen LogP contribution in [-0.4, -0.2) is 40.1 Å². The number of hydrogen-bond acceptors (Lipinski definition) is 5. The molecule has 0 radical (unpaired) electrons. The fraction of sp³-hybridized carbons (Fsp3) is 0.714. The van der Waals surface area contributed by atoms with Crippen LogP contribution < -0.4 is 17.2 Å². The number of carboxylic acids is 1. The largest absolute Gasteiger partial charge is 0.480 e. The summed E-state index contributed by atoms with van der Waals surface area (Å²) >= 11 is 0. The van der Waals surface area contributed by atoms with Crippen molar-refractivity contribution in [1.82, 2.24) is 0 Å². The van der Waals surface area contributed by atoms with Crippen molar-refractivity contribution in [3.8, 4) is 0 Å². The second kappa shape index (κ2) is 6.86. The minimum absolute atomic E-state index is 0. The van der Waals surface area contributed by atoms with Gasteiger partial charge in [-0.2, -0.15) is 0 Å². The number of carboxylic acid groups (broad SMARTS) is 1. The van der Waals surface area contributed by atoms with Gasteiger partial charge in [-0.15, -0.1) is 12.4 Å². The first-order chi connectivity index (χ1) is 7.19. The summed E-state index contributed by atoms with van der Waals surface area (Å²) in [5, 5.41) is 19.4. The lowest BCUT2D eigenvalue weighted by Gasteiger charge is -2.20. The van der Waals surface area contributed by atoms with Gasteiger partial charge < -0.3 is 22.3 Å². The fourth-order valence-corrected chi connectivity index (χ4v) is 1.02. The summed E-state index contributed by atoms with van der Waals surface area (Å²) in [4.78, 5) is 24.2. The number of carbonyl (C=O) groups is 1. The van der Waals surface area contributed by atoms with Crippen LogP contribution in [0.5, 0.6) is 0 Å². The van der Waals surface area contributed by atoms with Crippen molar-refractivity contribution in [3.05, 3.63) is 10.1 Å². The molecule has 7 N–H and O–H groups in total. The number of nitro groups is 1. The number of halogens is 1. The summed E-state index contributed by atoms with van der Waals surface area (Å²) in [6.45, 7) is 0.922. The van der Waals surface area contributed by atoms with Crippen LogP contribution in [0.15, 0.2) is 4.99 Å². The Labute approximate surface area is 104 Å². The molecular formula is C7H16ClN5O4. The number of nitrogens with zero attached hydrogens (tertiary/aromatic N) is 2. The normalized spacial score (nSPS) is 14.9. The molecule has 0 amide bonds. The Kier molecular flexibility index (Phi) is 7.17. The smallest absolute Gasteiger partial charge is 0.320 e. The third-order valence-electron chi connectivity index (χ3n) is 2.02. The molecule has 2 unspecified atom stereocenters. The van der Waals surface area contributed by atoms with E-state index in [2.05, 4.69) is 4.99 Å². The lowest BCUT2D eigenvalue weighted by Crippen LogP contribution is -2.47. The molecule has 0 heterocycles. The van der Waals surface area contributed by atoms with Gasteiger partial charge >= 0.3 is 5.97 Å². The summed E-state index contributed by atoms with van der Waals surface area (Å²) in [7, 11) is 0. The number of aliphatic imine (C=N–C) groups is 1. The van der Waals surface area contributed by atoms with Crippen molar-refractivity contribution in [2.75, 3.05) is 6.54 Å². The molecule has 0 aromatic carbocycles. The van der Waals surface area contributed by atoms with Crippen LogP contribution in [-0.2, 0) is 4.79 Å². The van der Waals surface area contributed by atoms with Crippen molar-refractivity contribution < 1.29 is 14.8 Å². The van der Waals surface area contributed by atoms with E-state index >= 15 is 0 Å². The molecule has 0 aromatic heterocycles. The minimum Gasteiger partial charge on any atom is -0.480 e. The summed E-state index contributed by atoms with van der Waals surface area (Å²) in [5.41, 5.74) is 13.7. The predicted molar refractivity (Wildman–Crippen MR) is 63.6 cm³/mol. The van der Waals surface area contributed by atoms with Gasteiger partial charge in [0.1, 0.15) is 12.6 Å². The summed E-state index contributed by atoms with van der Waals surface area (Å²) in [5.74, 6) is -1.60. The van der Waals surface area contributed by atoms with Gasteiger partial charge in [-0.3, -0.25) is 14.9 Å². The van der Waals surface area contributed by atoms with E-state index in [1.807, 2.05) is 0 Å². The van der Waals surface area contributed by atoms with Gasteiger partial charge in [0.25, 0.3) is 0 Å². The van der Waals surface area contributed by atoms with Crippen molar-refractivity contribution >= 4 is 24.3 Å². The lowest BCUT2D eigenvalue weighted by atomic mass is 9.94. The van der Waals surface area contributed by atoms with E-state index in [-0.39, 0.29) is 31.3 Å². The SMILES string of the molecule is CC(CN=C(N)N)(CC(N)C(=O)O)[N+](=O)[O-].Cl. The molecule has 0 aliphatic rings. The molecule has 0 fully saturated rings. The zero-order chi connectivity index (χ0) is 12.9. The highest BCUT2D eigenvalue weighted by Crippen LogP contribution is 2.16. The lowest BCUT2D eigenvalue weighted by molar-refractivity contribution is -0.563. The van der Waals surface area contributed by atoms with Crippen LogP contribution >= 0.6 is 12.4 Å². The first-order valence-electron chi connectivity index (χ1n) is 4.37. The van der Waals surface area contributed by atoms with E-state index < -0.39 is 22.5 Å². The topological polar surface area (TPSA) is 171 Å². The van der Waals surface area contributed by atoms with Crippen molar-refractivity contribution in [1.29, 1.82) is 0 Å². The van der Waals surface area contributed by atoms with Gasteiger partial charge in [-0.25, -0.2) is 4.99 Å². The quantitative estimate of drug-likeness (QED) is 0.197. The number of aliphatic carboxylic acids is 1. The number of nitrogens with two attached hydrogens (primary N) is 3. The molecule has 10 heteroatoms. The molecule has 2 atom stereocenters. The van der Waals surface area contributed by atoms with Crippen LogP contribution in [0, 0.1) is 10.1 Å². The van der Waals surface area contributed by atoms with Crippen LogP contribution in [0.3, 0.4) is 0 Å². The Balaban J connectivity index is 0. The Bertz CT molecular complexity index is 319. The standard InChI is InChI=1S/C7H15N5O4.ClH/c1-7(12(15)16,3-11-6(9)10)2-4(8)5(13)14;/h4H,2-3,8H2,1H3,(H,13,14)(H4,9,10,11);1H. The minimum atomic E-state index is -1.60. The summed E-state index contributed by atoms with van der Waals surface area (Å²) < 4.78 is 0. The van der Waals surface area contributed by atoms with Gasteiger partial charge in [-0.05, 0) is 0 Å². The monoisotopic (exact) mass is 269 g/mol. The Hall–Kier alpha value is -1.61. The molecule has 0 rings (SSSR count). The number of rotatable bonds is 6. The van der Waals surface area contributed by atoms with Crippen LogP contribution in [0.4, 0.5) is 0 Å². The van der Waals surface area contributed by atoms with E-state index in [9.17, 15) is 14.9 Å². The van der Waals surface area contributed by atoms with E-state index in [0.717, 1.165) is 0 Å². The average molecular weight is 270 g/mol. The molecule has 100 valence electrons. The van der Waals surface area contributed by atoms with E-state index in [1.54, 1.807) is 0 Å². The predicted octanol–water partition coefficient (Wildman–Crippen LogP) is -1.48. The van der Waals surface area contributed by atoms with E-state index in [1.165, 1.54) is 6.92 Å². The molecule has 0 saturated carbocycles. The summed E-state index contributed by atoms with van der Waals surface area (Å²) in [6.07, 6.45) is -0.355. The molecule has 0 aliphatic heterocycles. The maximum absolute atomic E-state index is 10.8. The molecule has 17 heavy (non-hydrogen) atoms. The maximum atomic E-state index is 10.8. The molecule has 0 bridgehead atoms. The highest BCUT2D eigenvalue weighted by atomic mass is 35.5. The zero-order valence-electron chi connectivity index (χ0n) is 9.20. The molecule has 0 saturated heterocycles. The van der Waals surface area contributed by atoms with Crippen LogP contribution in [0.25, 0.3) is 0 Å². The Morgan fingerprint density at radius 3 is 2.35 bits per heavy atom. The highest BCUT2D eigenvalue weighted by Gasteiger charge is 2.40. The summed E-state index contributed by atoms with van der Waals surface area (Å²) in [6, 6.07) is -1.33. The van der Waals surface area contributed by atoms with Crippen LogP contribution in [0.1, 0.15) is 13.3 Å². The number of guanidine groups is 1. The third-order valence-corrected chi connectivity index (χ3v) is 2.02. The molecular weight excluding hydrogens is 254 g/mol. The van der Waals surface area contributed by atoms with Gasteiger partial charge in [0.2, 0.25) is 5.54 Å². The van der Waals surface area contributed by atoms with E-state index in [0.29, 0.717) is 0 Å². The highest BCUT2D eigenvalue weighted by molar-refractivity contribution is 5.85. The maximum Gasteiger partial charge on any atom is 0.320 e. The first kappa shape index (κ1) is 17.8. The van der Waals surface area contributed by atoms with Crippen molar-refractivity contribution in [2.45, 2.75) is 24.9 Å². The van der Waals surface area contributed by atoms with Gasteiger partial charge in [0, 0.05) is 18.3 Å². The Morgan fingerprint density at radius 1 is 1.59 bits per heavy atom.